The monoisotopic (exact) mass is 368 g/mol. The number of fused-ring (bicyclic) bond motifs is 1. The molecule has 1 unspecified atom stereocenters. The average Bonchev–Trinajstić information content (AvgIpc) is 3.36. The second kappa shape index (κ2) is 6.72. The number of likely N-dealkylation sites (tertiary alicyclic amines) is 1. The van der Waals surface area contributed by atoms with Crippen molar-refractivity contribution in [3.63, 3.8) is 0 Å². The third-order valence-electron chi connectivity index (χ3n) is 5.70. The van der Waals surface area contributed by atoms with Crippen LogP contribution in [-0.4, -0.2) is 44.9 Å². The first-order valence-electron chi connectivity index (χ1n) is 9.39. The summed E-state index contributed by atoms with van der Waals surface area (Å²) < 4.78 is 1.99. The maximum absolute atomic E-state index is 12.5. The average molecular weight is 368 g/mol. The predicted molar refractivity (Wildman–Crippen MR) is 99.8 cm³/mol. The van der Waals surface area contributed by atoms with Gasteiger partial charge in [0.15, 0.2) is 0 Å². The van der Waals surface area contributed by atoms with E-state index in [0.717, 1.165) is 30.6 Å². The molecule has 2 amide bonds. The first-order valence-corrected chi connectivity index (χ1v) is 9.39. The maximum atomic E-state index is 12.5. The molecule has 0 radical (unpaired) electrons. The topological polar surface area (TPSA) is 87.5 Å². The van der Waals surface area contributed by atoms with E-state index in [4.69, 9.17) is 5.10 Å². The highest BCUT2D eigenvalue weighted by molar-refractivity contribution is 5.79. The van der Waals surface area contributed by atoms with Crippen molar-refractivity contribution < 1.29 is 14.7 Å². The molecule has 4 rings (SSSR count). The Hall–Kier alpha value is -2.83. The molecule has 7 nitrogen and oxygen atoms in total. The SMILES string of the molecule is CC1(C(=O)O)CCN(C(=O)NCc2nn(-c3ccccc3)c3c2CCC3)C1. The number of hydrogen-bond acceptors (Lipinski definition) is 3. The van der Waals surface area contributed by atoms with Gasteiger partial charge in [-0.05, 0) is 50.3 Å². The number of benzene rings is 1. The summed E-state index contributed by atoms with van der Waals surface area (Å²) in [5.41, 5.74) is 3.54. The van der Waals surface area contributed by atoms with Gasteiger partial charge in [0.25, 0.3) is 0 Å². The fourth-order valence-electron chi connectivity index (χ4n) is 4.02. The molecule has 0 spiro atoms. The van der Waals surface area contributed by atoms with Crippen LogP contribution in [0, 0.1) is 5.41 Å². The van der Waals surface area contributed by atoms with Crippen molar-refractivity contribution >= 4 is 12.0 Å². The Kier molecular flexibility index (Phi) is 4.37. The Morgan fingerprint density at radius 1 is 1.26 bits per heavy atom. The molecule has 0 saturated carbocycles. The fraction of sp³-hybridized carbons (Fsp3) is 0.450. The molecule has 1 aliphatic heterocycles. The molecular weight excluding hydrogens is 344 g/mol. The van der Waals surface area contributed by atoms with E-state index in [1.165, 1.54) is 11.3 Å². The Bertz CT molecular complexity index is 877. The standard InChI is InChI=1S/C20H24N4O3/c1-20(18(25)26)10-11-23(13-20)19(27)21-12-16-15-8-5-9-17(15)24(22-16)14-6-3-2-4-7-14/h2-4,6-7H,5,8-13H2,1H3,(H,21,27)(H,25,26). The molecule has 1 fully saturated rings. The lowest BCUT2D eigenvalue weighted by Gasteiger charge is -2.20. The van der Waals surface area contributed by atoms with Gasteiger partial charge in [-0.2, -0.15) is 5.10 Å². The van der Waals surface area contributed by atoms with Crippen molar-refractivity contribution in [3.05, 3.63) is 47.3 Å². The fourth-order valence-corrected chi connectivity index (χ4v) is 4.02. The Labute approximate surface area is 158 Å². The molecule has 2 heterocycles. The summed E-state index contributed by atoms with van der Waals surface area (Å²) in [5.74, 6) is -0.850. The predicted octanol–water partition coefficient (Wildman–Crippen LogP) is 2.37. The van der Waals surface area contributed by atoms with Gasteiger partial charge in [0.05, 0.1) is 23.3 Å². The van der Waals surface area contributed by atoms with Crippen molar-refractivity contribution in [2.24, 2.45) is 5.41 Å². The molecule has 2 aromatic rings. The first kappa shape index (κ1) is 17.6. The van der Waals surface area contributed by atoms with Gasteiger partial charge in [0.2, 0.25) is 0 Å². The Balaban J connectivity index is 1.47. The smallest absolute Gasteiger partial charge is 0.317 e. The summed E-state index contributed by atoms with van der Waals surface area (Å²) in [6.45, 7) is 2.76. The molecule has 2 aliphatic rings. The highest BCUT2D eigenvalue weighted by Gasteiger charge is 2.42. The van der Waals surface area contributed by atoms with Gasteiger partial charge in [-0.1, -0.05) is 18.2 Å². The minimum absolute atomic E-state index is 0.221. The number of carbonyl (C=O) groups excluding carboxylic acids is 1. The van der Waals surface area contributed by atoms with Gasteiger partial charge in [0.1, 0.15) is 0 Å². The zero-order valence-electron chi connectivity index (χ0n) is 15.4. The normalized spacial score (nSPS) is 21.3. The molecule has 0 bridgehead atoms. The zero-order chi connectivity index (χ0) is 19.0. The molecule has 1 aromatic heterocycles. The van der Waals surface area contributed by atoms with E-state index >= 15 is 0 Å². The highest BCUT2D eigenvalue weighted by atomic mass is 16.4. The quantitative estimate of drug-likeness (QED) is 0.867. The van der Waals surface area contributed by atoms with Crippen LogP contribution in [0.5, 0.6) is 0 Å². The van der Waals surface area contributed by atoms with Crippen molar-refractivity contribution in [3.8, 4) is 5.69 Å². The van der Waals surface area contributed by atoms with Crippen LogP contribution in [0.15, 0.2) is 30.3 Å². The van der Waals surface area contributed by atoms with Crippen molar-refractivity contribution in [2.75, 3.05) is 13.1 Å². The lowest BCUT2D eigenvalue weighted by Crippen LogP contribution is -2.40. The maximum Gasteiger partial charge on any atom is 0.317 e. The van der Waals surface area contributed by atoms with Gasteiger partial charge in [-0.3, -0.25) is 4.79 Å². The number of para-hydroxylation sites is 1. The molecule has 1 aromatic carbocycles. The number of carboxylic acid groups (broad SMARTS) is 1. The highest BCUT2D eigenvalue weighted by Crippen LogP contribution is 2.30. The van der Waals surface area contributed by atoms with Gasteiger partial charge < -0.3 is 15.3 Å². The Morgan fingerprint density at radius 3 is 2.74 bits per heavy atom. The minimum atomic E-state index is -0.854. The van der Waals surface area contributed by atoms with E-state index in [2.05, 4.69) is 5.32 Å². The number of rotatable bonds is 4. The summed E-state index contributed by atoms with van der Waals surface area (Å²) >= 11 is 0. The van der Waals surface area contributed by atoms with Crippen LogP contribution in [0.2, 0.25) is 0 Å². The third kappa shape index (κ3) is 3.18. The van der Waals surface area contributed by atoms with Crippen molar-refractivity contribution in [2.45, 2.75) is 39.2 Å². The number of nitrogens with one attached hydrogen (secondary N) is 1. The van der Waals surface area contributed by atoms with Crippen LogP contribution in [0.4, 0.5) is 4.79 Å². The number of carboxylic acids is 1. The van der Waals surface area contributed by atoms with Crippen LogP contribution >= 0.6 is 0 Å². The Morgan fingerprint density at radius 2 is 2.04 bits per heavy atom. The van der Waals surface area contributed by atoms with E-state index in [0.29, 0.717) is 19.5 Å². The molecule has 7 heteroatoms. The number of hydrogen-bond donors (Lipinski definition) is 2. The van der Waals surface area contributed by atoms with Crippen molar-refractivity contribution in [1.29, 1.82) is 0 Å². The van der Waals surface area contributed by atoms with E-state index in [9.17, 15) is 14.7 Å². The molecule has 27 heavy (non-hydrogen) atoms. The summed E-state index contributed by atoms with van der Waals surface area (Å²) in [7, 11) is 0. The molecule has 1 saturated heterocycles. The van der Waals surface area contributed by atoms with Crippen LogP contribution in [0.1, 0.15) is 36.7 Å². The third-order valence-corrected chi connectivity index (χ3v) is 5.70. The van der Waals surface area contributed by atoms with Crippen molar-refractivity contribution in [1.82, 2.24) is 20.0 Å². The summed E-state index contributed by atoms with van der Waals surface area (Å²) in [6, 6.07) is 9.81. The number of amides is 2. The largest absolute Gasteiger partial charge is 0.481 e. The van der Waals surface area contributed by atoms with Crippen LogP contribution in [-0.2, 0) is 24.2 Å². The lowest BCUT2D eigenvalue weighted by atomic mass is 9.90. The van der Waals surface area contributed by atoms with Crippen LogP contribution < -0.4 is 5.32 Å². The second-order valence-electron chi connectivity index (χ2n) is 7.67. The molecular formula is C20H24N4O3. The van der Waals surface area contributed by atoms with Gasteiger partial charge in [-0.25, -0.2) is 9.48 Å². The van der Waals surface area contributed by atoms with Crippen LogP contribution in [0.25, 0.3) is 5.69 Å². The van der Waals surface area contributed by atoms with Gasteiger partial charge in [-0.15, -0.1) is 0 Å². The summed E-state index contributed by atoms with van der Waals surface area (Å²) in [6.07, 6.45) is 3.56. The van der Waals surface area contributed by atoms with Gasteiger partial charge in [0, 0.05) is 18.8 Å². The van der Waals surface area contributed by atoms with Gasteiger partial charge >= 0.3 is 12.0 Å². The van der Waals surface area contributed by atoms with E-state index in [1.807, 2.05) is 35.0 Å². The summed E-state index contributed by atoms with van der Waals surface area (Å²) in [5, 5.41) is 17.0. The summed E-state index contributed by atoms with van der Waals surface area (Å²) in [4.78, 5) is 25.4. The van der Waals surface area contributed by atoms with Crippen LogP contribution in [0.3, 0.4) is 0 Å². The van der Waals surface area contributed by atoms with E-state index < -0.39 is 11.4 Å². The second-order valence-corrected chi connectivity index (χ2v) is 7.67. The number of aliphatic carboxylic acids is 1. The molecule has 2 N–H and O–H groups in total. The zero-order valence-corrected chi connectivity index (χ0v) is 15.4. The molecule has 1 aliphatic carbocycles. The van der Waals surface area contributed by atoms with E-state index in [-0.39, 0.29) is 12.6 Å². The molecule has 1 atom stereocenters. The number of carbonyl (C=O) groups is 2. The molecule has 142 valence electrons. The number of nitrogens with zero attached hydrogens (tertiary/aromatic N) is 3. The lowest BCUT2D eigenvalue weighted by molar-refractivity contribution is -0.147. The first-order chi connectivity index (χ1) is 13.0. The van der Waals surface area contributed by atoms with E-state index in [1.54, 1.807) is 11.8 Å². The number of urea groups is 1. The minimum Gasteiger partial charge on any atom is -0.481 e. The number of aromatic nitrogens is 2.